The molecular formula is C19H20N2O3. The van der Waals surface area contributed by atoms with Gasteiger partial charge < -0.3 is 14.4 Å². The zero-order valence-corrected chi connectivity index (χ0v) is 13.6. The zero-order valence-electron chi connectivity index (χ0n) is 13.6. The molecule has 0 unspecified atom stereocenters. The Morgan fingerprint density at radius 1 is 1.12 bits per heavy atom. The molecule has 2 aromatic rings. The van der Waals surface area contributed by atoms with E-state index in [9.17, 15) is 4.79 Å². The van der Waals surface area contributed by atoms with Crippen LogP contribution in [0.15, 0.2) is 54.6 Å². The molecule has 0 aliphatic heterocycles. The van der Waals surface area contributed by atoms with Gasteiger partial charge in [0.15, 0.2) is 0 Å². The number of para-hydroxylation sites is 1. The maximum absolute atomic E-state index is 12.0. The first-order valence-corrected chi connectivity index (χ1v) is 7.67. The summed E-state index contributed by atoms with van der Waals surface area (Å²) in [6.07, 6.45) is 0. The van der Waals surface area contributed by atoms with E-state index in [1.807, 2.05) is 42.5 Å². The van der Waals surface area contributed by atoms with E-state index in [2.05, 4.69) is 6.07 Å². The molecule has 0 heterocycles. The van der Waals surface area contributed by atoms with Crippen molar-refractivity contribution >= 4 is 5.91 Å². The van der Waals surface area contributed by atoms with Gasteiger partial charge in [0.05, 0.1) is 18.2 Å². The second kappa shape index (κ2) is 9.33. The molecule has 2 rings (SSSR count). The number of rotatable bonds is 8. The lowest BCUT2D eigenvalue weighted by molar-refractivity contribution is -0.135. The Morgan fingerprint density at radius 2 is 1.92 bits per heavy atom. The molecule has 5 nitrogen and oxygen atoms in total. The van der Waals surface area contributed by atoms with Gasteiger partial charge in [-0.3, -0.25) is 4.79 Å². The number of nitriles is 1. The summed E-state index contributed by atoms with van der Waals surface area (Å²) >= 11 is 0. The van der Waals surface area contributed by atoms with E-state index in [0.29, 0.717) is 25.3 Å². The first-order chi connectivity index (χ1) is 11.7. The molecule has 0 fully saturated rings. The SMILES string of the molecule is CN(Cc1cccc(C#N)c1)C(=O)COCCOc1ccccc1. The fraction of sp³-hybridized carbons (Fsp3) is 0.263. The molecular weight excluding hydrogens is 304 g/mol. The van der Waals surface area contributed by atoms with E-state index in [1.165, 1.54) is 0 Å². The van der Waals surface area contributed by atoms with Gasteiger partial charge in [0.1, 0.15) is 19.0 Å². The number of nitrogens with zero attached hydrogens (tertiary/aromatic N) is 2. The van der Waals surface area contributed by atoms with Crippen LogP contribution in [-0.4, -0.2) is 37.7 Å². The Balaban J connectivity index is 1.67. The Kier molecular flexibility index (Phi) is 6.81. The molecule has 0 saturated heterocycles. The lowest BCUT2D eigenvalue weighted by Gasteiger charge is -2.17. The van der Waals surface area contributed by atoms with Crippen LogP contribution >= 0.6 is 0 Å². The average molecular weight is 324 g/mol. The minimum atomic E-state index is -0.114. The van der Waals surface area contributed by atoms with Crippen molar-refractivity contribution in [2.24, 2.45) is 0 Å². The fourth-order valence-corrected chi connectivity index (χ4v) is 2.11. The molecule has 124 valence electrons. The lowest BCUT2D eigenvalue weighted by atomic mass is 10.1. The first kappa shape index (κ1) is 17.5. The molecule has 0 aliphatic rings. The second-order valence-corrected chi connectivity index (χ2v) is 5.28. The topological polar surface area (TPSA) is 62.6 Å². The average Bonchev–Trinajstić information content (AvgIpc) is 2.62. The van der Waals surface area contributed by atoms with Gasteiger partial charge in [-0.15, -0.1) is 0 Å². The van der Waals surface area contributed by atoms with Crippen molar-refractivity contribution in [3.63, 3.8) is 0 Å². The lowest BCUT2D eigenvalue weighted by Crippen LogP contribution is -2.30. The molecule has 0 aliphatic carbocycles. The summed E-state index contributed by atoms with van der Waals surface area (Å²) < 4.78 is 10.8. The van der Waals surface area contributed by atoms with Gasteiger partial charge in [-0.25, -0.2) is 0 Å². The zero-order chi connectivity index (χ0) is 17.2. The Labute approximate surface area is 142 Å². The quantitative estimate of drug-likeness (QED) is 0.700. The highest BCUT2D eigenvalue weighted by molar-refractivity contribution is 5.77. The summed E-state index contributed by atoms with van der Waals surface area (Å²) in [5.41, 5.74) is 1.50. The highest BCUT2D eigenvalue weighted by Gasteiger charge is 2.09. The number of likely N-dealkylation sites (N-methyl/N-ethyl adjacent to an activating group) is 1. The van der Waals surface area contributed by atoms with Crippen LogP contribution in [0.1, 0.15) is 11.1 Å². The maximum Gasteiger partial charge on any atom is 0.248 e. The van der Waals surface area contributed by atoms with Crippen molar-refractivity contribution in [3.05, 3.63) is 65.7 Å². The summed E-state index contributed by atoms with van der Waals surface area (Å²) in [7, 11) is 1.71. The van der Waals surface area contributed by atoms with Crippen LogP contribution in [0.5, 0.6) is 5.75 Å². The van der Waals surface area contributed by atoms with Crippen molar-refractivity contribution in [1.82, 2.24) is 4.90 Å². The number of hydrogen-bond acceptors (Lipinski definition) is 4. The molecule has 0 bridgehead atoms. The molecule has 0 aromatic heterocycles. The smallest absolute Gasteiger partial charge is 0.248 e. The second-order valence-electron chi connectivity index (χ2n) is 5.28. The molecule has 1 amide bonds. The van der Waals surface area contributed by atoms with Crippen molar-refractivity contribution in [1.29, 1.82) is 5.26 Å². The van der Waals surface area contributed by atoms with Crippen molar-refractivity contribution in [3.8, 4) is 11.8 Å². The van der Waals surface area contributed by atoms with E-state index in [1.54, 1.807) is 24.1 Å². The number of amides is 1. The number of carbonyl (C=O) groups is 1. The van der Waals surface area contributed by atoms with Crippen molar-refractivity contribution in [2.45, 2.75) is 6.54 Å². The molecule has 0 saturated carbocycles. The van der Waals surface area contributed by atoms with Gasteiger partial charge in [0, 0.05) is 13.6 Å². The van der Waals surface area contributed by atoms with Crippen LogP contribution < -0.4 is 4.74 Å². The van der Waals surface area contributed by atoms with E-state index >= 15 is 0 Å². The van der Waals surface area contributed by atoms with Gasteiger partial charge in [-0.1, -0.05) is 30.3 Å². The normalized spacial score (nSPS) is 10.0. The Bertz CT molecular complexity index is 695. The van der Waals surface area contributed by atoms with Crippen LogP contribution in [0.25, 0.3) is 0 Å². The molecule has 0 N–H and O–H groups in total. The molecule has 0 radical (unpaired) electrons. The monoisotopic (exact) mass is 324 g/mol. The number of benzene rings is 2. The van der Waals surface area contributed by atoms with Gasteiger partial charge in [0.2, 0.25) is 5.91 Å². The molecule has 24 heavy (non-hydrogen) atoms. The standard InChI is InChI=1S/C19H20N2O3/c1-21(14-17-7-5-6-16(12-17)13-20)19(22)15-23-10-11-24-18-8-3-2-4-9-18/h2-9,12H,10-11,14-15H2,1H3. The Hall–Kier alpha value is -2.84. The summed E-state index contributed by atoms with van der Waals surface area (Å²) in [6.45, 7) is 1.19. The minimum Gasteiger partial charge on any atom is -0.491 e. The molecule has 0 atom stereocenters. The van der Waals surface area contributed by atoms with Crippen molar-refractivity contribution in [2.75, 3.05) is 26.9 Å². The van der Waals surface area contributed by atoms with Gasteiger partial charge in [-0.05, 0) is 29.8 Å². The minimum absolute atomic E-state index is 0.00654. The van der Waals surface area contributed by atoms with Crippen molar-refractivity contribution < 1.29 is 14.3 Å². The van der Waals surface area contributed by atoms with E-state index in [4.69, 9.17) is 14.7 Å². The van der Waals surface area contributed by atoms with Gasteiger partial charge in [0.25, 0.3) is 0 Å². The number of carbonyl (C=O) groups excluding carboxylic acids is 1. The third-order valence-electron chi connectivity index (χ3n) is 3.37. The third kappa shape index (κ3) is 5.75. The predicted molar refractivity (Wildman–Crippen MR) is 90.4 cm³/mol. The number of ether oxygens (including phenoxy) is 2. The van der Waals surface area contributed by atoms with Crippen LogP contribution in [-0.2, 0) is 16.1 Å². The van der Waals surface area contributed by atoms with E-state index in [-0.39, 0.29) is 12.5 Å². The highest BCUT2D eigenvalue weighted by Crippen LogP contribution is 2.08. The predicted octanol–water partition coefficient (Wildman–Crippen LogP) is 2.61. The third-order valence-corrected chi connectivity index (χ3v) is 3.37. The van der Waals surface area contributed by atoms with E-state index < -0.39 is 0 Å². The molecule has 0 spiro atoms. The summed E-state index contributed by atoms with van der Waals surface area (Å²) in [6, 6.07) is 18.8. The van der Waals surface area contributed by atoms with Gasteiger partial charge in [-0.2, -0.15) is 5.26 Å². The molecule has 2 aromatic carbocycles. The van der Waals surface area contributed by atoms with Crippen LogP contribution in [0.3, 0.4) is 0 Å². The van der Waals surface area contributed by atoms with Crippen LogP contribution in [0, 0.1) is 11.3 Å². The molecule has 5 heteroatoms. The largest absolute Gasteiger partial charge is 0.491 e. The maximum atomic E-state index is 12.0. The summed E-state index contributed by atoms with van der Waals surface area (Å²) in [5, 5.41) is 8.89. The van der Waals surface area contributed by atoms with Gasteiger partial charge >= 0.3 is 0 Å². The highest BCUT2D eigenvalue weighted by atomic mass is 16.5. The van der Waals surface area contributed by atoms with Crippen LogP contribution in [0.2, 0.25) is 0 Å². The van der Waals surface area contributed by atoms with Crippen LogP contribution in [0.4, 0.5) is 0 Å². The summed E-state index contributed by atoms with van der Waals surface area (Å²) in [5.74, 6) is 0.666. The first-order valence-electron chi connectivity index (χ1n) is 7.67. The number of hydrogen-bond donors (Lipinski definition) is 0. The summed E-state index contributed by atoms with van der Waals surface area (Å²) in [4.78, 5) is 13.6. The van der Waals surface area contributed by atoms with E-state index in [0.717, 1.165) is 11.3 Å². The fourth-order valence-electron chi connectivity index (χ4n) is 2.11. The Morgan fingerprint density at radius 3 is 2.67 bits per heavy atom.